The normalized spacial score (nSPS) is 15.6. The fourth-order valence-corrected chi connectivity index (χ4v) is 12.8. The molecule has 0 spiro atoms. The number of para-hydroxylation sites is 2. The van der Waals surface area contributed by atoms with Crippen molar-refractivity contribution in [2.75, 3.05) is 4.90 Å². The molecule has 2 aliphatic heterocycles. The topological polar surface area (TPSA) is 21.3 Å². The van der Waals surface area contributed by atoms with Crippen LogP contribution in [0.1, 0.15) is 76.3 Å². The van der Waals surface area contributed by atoms with E-state index in [-0.39, 0.29) is 23.1 Å². The van der Waals surface area contributed by atoms with Crippen LogP contribution in [0.4, 0.5) is 17.1 Å². The molecule has 0 unspecified atom stereocenters. The van der Waals surface area contributed by atoms with Crippen molar-refractivity contribution in [2.24, 2.45) is 0 Å². The highest BCUT2D eigenvalue weighted by Gasteiger charge is 2.52. The molecule has 0 amide bonds. The van der Waals surface area contributed by atoms with E-state index in [1.807, 2.05) is 0 Å². The summed E-state index contributed by atoms with van der Waals surface area (Å²) in [4.78, 5) is 2.66. The molecule has 0 N–H and O–H groups in total. The van der Waals surface area contributed by atoms with Gasteiger partial charge >= 0.3 is 6.85 Å². The van der Waals surface area contributed by atoms with Crippen LogP contribution < -0.4 is 15.8 Å². The second-order valence-corrected chi connectivity index (χ2v) is 20.8. The van der Waals surface area contributed by atoms with E-state index in [0.29, 0.717) is 0 Å². The summed E-state index contributed by atoms with van der Waals surface area (Å²) in [5.74, 6) is 0. The highest BCUT2D eigenvalue weighted by atomic mass is 16.3. The minimum atomic E-state index is -0.187. The monoisotopic (exact) mass is 822 g/mol. The van der Waals surface area contributed by atoms with E-state index in [0.717, 1.165) is 27.6 Å². The van der Waals surface area contributed by atoms with Gasteiger partial charge in [-0.15, -0.1) is 0 Å². The summed E-state index contributed by atoms with van der Waals surface area (Å²) >= 11 is 0. The number of fused-ring (bicyclic) bond motifs is 17. The number of nitrogens with zero attached hydrogens (tertiary/aromatic N) is 2. The van der Waals surface area contributed by atoms with Gasteiger partial charge in [0.05, 0.1) is 16.8 Å². The lowest BCUT2D eigenvalue weighted by Gasteiger charge is -2.43. The zero-order chi connectivity index (χ0) is 43.2. The van der Waals surface area contributed by atoms with Crippen molar-refractivity contribution < 1.29 is 4.42 Å². The largest absolute Gasteiger partial charge is 0.456 e. The van der Waals surface area contributed by atoms with Crippen molar-refractivity contribution in [1.82, 2.24) is 4.48 Å². The zero-order valence-corrected chi connectivity index (χ0v) is 37.4. The number of anilines is 3. The van der Waals surface area contributed by atoms with Crippen molar-refractivity contribution in [2.45, 2.75) is 64.7 Å². The summed E-state index contributed by atoms with van der Waals surface area (Å²) in [6.45, 7) is 16.5. The summed E-state index contributed by atoms with van der Waals surface area (Å²) in [5, 5.41) is 3.63. The van der Waals surface area contributed by atoms with Gasteiger partial charge in [0.25, 0.3) is 0 Å². The Hall–Kier alpha value is -7.04. The van der Waals surface area contributed by atoms with Gasteiger partial charge < -0.3 is 13.8 Å². The fraction of sp³-hybridized carbons (Fsp3) is 0.167. The first kappa shape index (κ1) is 36.4. The van der Waals surface area contributed by atoms with Crippen LogP contribution in [0.5, 0.6) is 0 Å². The Morgan fingerprint density at radius 3 is 1.98 bits per heavy atom. The van der Waals surface area contributed by atoms with Crippen LogP contribution in [0, 0.1) is 0 Å². The lowest BCUT2D eigenvalue weighted by atomic mass is 9.43. The minimum Gasteiger partial charge on any atom is -0.456 e. The number of hydrogen-bond acceptors (Lipinski definition) is 2. The number of hydrogen-bond donors (Lipinski definition) is 0. The van der Waals surface area contributed by atoms with Crippen LogP contribution in [0.2, 0.25) is 0 Å². The van der Waals surface area contributed by atoms with E-state index in [1.54, 1.807) is 0 Å². The van der Waals surface area contributed by atoms with Gasteiger partial charge in [-0.3, -0.25) is 0 Å². The molecule has 306 valence electrons. The van der Waals surface area contributed by atoms with Gasteiger partial charge in [-0.2, -0.15) is 0 Å². The Labute approximate surface area is 374 Å². The molecule has 0 saturated carbocycles. The molecular formula is C60H47BN2O. The first-order chi connectivity index (χ1) is 30.9. The van der Waals surface area contributed by atoms with E-state index in [2.05, 4.69) is 216 Å². The molecule has 4 aliphatic rings. The van der Waals surface area contributed by atoms with E-state index in [4.69, 9.17) is 4.42 Å². The smallest absolute Gasteiger partial charge is 0.333 e. The van der Waals surface area contributed by atoms with Crippen LogP contribution in [-0.4, -0.2) is 11.3 Å². The van der Waals surface area contributed by atoms with E-state index in [1.165, 1.54) is 106 Å². The van der Waals surface area contributed by atoms with E-state index in [9.17, 15) is 0 Å². The maximum atomic E-state index is 7.01. The Kier molecular flexibility index (Phi) is 6.80. The Morgan fingerprint density at radius 1 is 0.516 bits per heavy atom. The van der Waals surface area contributed by atoms with Crippen LogP contribution in [0.15, 0.2) is 162 Å². The molecule has 2 aromatic heterocycles. The average molecular weight is 823 g/mol. The molecule has 10 aromatic rings. The zero-order valence-electron chi connectivity index (χ0n) is 37.4. The third-order valence-corrected chi connectivity index (χ3v) is 15.7. The summed E-state index contributed by atoms with van der Waals surface area (Å²) in [5.41, 5.74) is 26.2. The average Bonchev–Trinajstić information content (AvgIpc) is 3.99. The van der Waals surface area contributed by atoms with Crippen LogP contribution in [0.3, 0.4) is 0 Å². The highest BCUT2D eigenvalue weighted by Crippen LogP contribution is 2.59. The molecule has 0 fully saturated rings. The van der Waals surface area contributed by atoms with Crippen molar-refractivity contribution in [3.8, 4) is 44.6 Å². The summed E-state index contributed by atoms with van der Waals surface area (Å²) in [7, 11) is 0. The lowest BCUT2D eigenvalue weighted by molar-refractivity contribution is 0.590. The molecule has 3 nitrogen and oxygen atoms in total. The first-order valence-electron chi connectivity index (χ1n) is 23.0. The maximum Gasteiger partial charge on any atom is 0.333 e. The van der Waals surface area contributed by atoms with Crippen molar-refractivity contribution in [3.05, 3.63) is 186 Å². The number of aromatic nitrogens is 1. The summed E-state index contributed by atoms with van der Waals surface area (Å²) < 4.78 is 9.81. The number of rotatable bonds is 2. The van der Waals surface area contributed by atoms with Gasteiger partial charge in [0.15, 0.2) is 0 Å². The van der Waals surface area contributed by atoms with Gasteiger partial charge in [0, 0.05) is 55.2 Å². The van der Waals surface area contributed by atoms with E-state index >= 15 is 0 Å². The Balaban J connectivity index is 1.23. The number of benzene rings is 8. The van der Waals surface area contributed by atoms with Crippen molar-refractivity contribution in [3.63, 3.8) is 0 Å². The van der Waals surface area contributed by atoms with Crippen LogP contribution in [-0.2, 0) is 16.2 Å². The third-order valence-electron chi connectivity index (χ3n) is 15.7. The first-order valence-corrected chi connectivity index (χ1v) is 23.0. The second-order valence-electron chi connectivity index (χ2n) is 20.8. The highest BCUT2D eigenvalue weighted by molar-refractivity contribution is 6.91. The maximum absolute atomic E-state index is 7.01. The van der Waals surface area contributed by atoms with Gasteiger partial charge in [0.1, 0.15) is 11.2 Å². The minimum absolute atomic E-state index is 0.0447. The number of furan rings is 1. The standard InChI is InChI=1S/C60H47BN2O/c1-58(2,3)35-28-30-46(41(32-35)34-18-9-8-10-19-34)62-47-31-29-45-50(37-20-11-14-25-43(37)59(45,4)5)54(47)61-53-42(33-49-51(57(53)62)39-22-13-16-27-48(39)64-49)36-23-17-24-40-52-56(63(61)55(36)40)38-21-12-15-26-44(38)60(52,6)7/h8-33H,1-7H3. The van der Waals surface area contributed by atoms with Gasteiger partial charge in [-0.05, 0) is 96.7 Å². The van der Waals surface area contributed by atoms with Crippen molar-refractivity contribution >= 4 is 67.7 Å². The van der Waals surface area contributed by atoms with Crippen molar-refractivity contribution in [1.29, 1.82) is 0 Å². The molecule has 0 bridgehead atoms. The molecule has 2 aliphatic carbocycles. The molecule has 64 heavy (non-hydrogen) atoms. The molecule has 14 rings (SSSR count). The molecule has 4 heteroatoms. The Morgan fingerprint density at radius 2 is 1.19 bits per heavy atom. The molecule has 0 atom stereocenters. The molecular weight excluding hydrogens is 775 g/mol. The third kappa shape index (κ3) is 4.34. The van der Waals surface area contributed by atoms with E-state index < -0.39 is 0 Å². The molecule has 0 radical (unpaired) electrons. The summed E-state index contributed by atoms with van der Waals surface area (Å²) in [6.07, 6.45) is 0. The van der Waals surface area contributed by atoms with Gasteiger partial charge in [-0.25, -0.2) is 0 Å². The fourth-order valence-electron chi connectivity index (χ4n) is 12.8. The summed E-state index contributed by atoms with van der Waals surface area (Å²) in [6, 6.07) is 59.7. The molecule has 8 aromatic carbocycles. The van der Waals surface area contributed by atoms with Crippen LogP contribution in [0.25, 0.3) is 77.5 Å². The Bertz CT molecular complexity index is 3720. The predicted molar refractivity (Wildman–Crippen MR) is 269 cm³/mol. The van der Waals surface area contributed by atoms with Crippen LogP contribution >= 0.6 is 0 Å². The predicted octanol–water partition coefficient (Wildman–Crippen LogP) is 14.5. The lowest BCUT2D eigenvalue weighted by Crippen LogP contribution is -2.57. The SMILES string of the molecule is CC(C)(C)c1ccc(N2c3ccc4c(c3B3c5c(cc6oc7ccccc7c6c52)-c2cccc5c6c(n3c25)-c2ccccc2C6(C)C)-c2ccccc2C4(C)C)c(-c2ccccc2)c1. The second kappa shape index (κ2) is 11.9. The quantitative estimate of drug-likeness (QED) is 0.162. The van der Waals surface area contributed by atoms with Gasteiger partial charge in [0.2, 0.25) is 0 Å². The van der Waals surface area contributed by atoms with Gasteiger partial charge in [-0.1, -0.05) is 176 Å². The molecule has 4 heterocycles. The molecule has 0 saturated heterocycles.